The van der Waals surface area contributed by atoms with Gasteiger partial charge < -0.3 is 9.84 Å². The largest absolute Gasteiger partial charge is 0.508 e. The van der Waals surface area contributed by atoms with Crippen molar-refractivity contribution in [1.29, 1.82) is 5.26 Å². The zero-order valence-corrected chi connectivity index (χ0v) is 9.59. The molecule has 80 valence electrons. The maximum atomic E-state index is 9.69. The van der Waals surface area contributed by atoms with E-state index in [0.29, 0.717) is 11.3 Å². The van der Waals surface area contributed by atoms with Crippen LogP contribution in [0.3, 0.4) is 0 Å². The van der Waals surface area contributed by atoms with Crippen LogP contribution in [0.15, 0.2) is 12.1 Å². The highest BCUT2D eigenvalue weighted by molar-refractivity contribution is 6.33. The maximum Gasteiger partial charge on any atom is 0.138 e. The molecule has 0 heterocycles. The lowest BCUT2D eigenvalue weighted by Crippen LogP contribution is -2.15. The third kappa shape index (κ3) is 2.00. The predicted octanol–water partition coefficient (Wildman–Crippen LogP) is 2.86. The van der Waals surface area contributed by atoms with Crippen molar-refractivity contribution in [2.24, 2.45) is 0 Å². The molecule has 0 aliphatic rings. The first-order chi connectivity index (χ1) is 6.94. The fourth-order valence-electron chi connectivity index (χ4n) is 1.35. The average molecular weight is 226 g/mol. The van der Waals surface area contributed by atoms with Crippen LogP contribution >= 0.6 is 11.6 Å². The van der Waals surface area contributed by atoms with Gasteiger partial charge in [0.15, 0.2) is 0 Å². The van der Waals surface area contributed by atoms with Gasteiger partial charge in [0.2, 0.25) is 0 Å². The lowest BCUT2D eigenvalue weighted by atomic mass is 9.85. The molecule has 4 heteroatoms. The molecule has 3 nitrogen and oxygen atoms in total. The summed E-state index contributed by atoms with van der Waals surface area (Å²) in [6, 6.07) is 5.13. The second-order valence-corrected chi connectivity index (χ2v) is 4.09. The smallest absolute Gasteiger partial charge is 0.138 e. The molecular weight excluding hydrogens is 214 g/mol. The van der Waals surface area contributed by atoms with E-state index in [1.54, 1.807) is 19.9 Å². The van der Waals surface area contributed by atoms with Gasteiger partial charge in [0.05, 0.1) is 23.6 Å². The molecule has 0 amide bonds. The third-order valence-corrected chi connectivity index (χ3v) is 2.58. The number of nitriles is 1. The van der Waals surface area contributed by atoms with Gasteiger partial charge in [-0.1, -0.05) is 11.6 Å². The van der Waals surface area contributed by atoms with Crippen molar-refractivity contribution in [2.75, 3.05) is 7.11 Å². The first-order valence-corrected chi connectivity index (χ1v) is 4.79. The summed E-state index contributed by atoms with van der Waals surface area (Å²) in [7, 11) is 1.49. The third-order valence-electron chi connectivity index (χ3n) is 2.21. The summed E-state index contributed by atoms with van der Waals surface area (Å²) in [6.45, 7) is 3.38. The summed E-state index contributed by atoms with van der Waals surface area (Å²) in [5.74, 6) is 0.458. The van der Waals surface area contributed by atoms with Crippen molar-refractivity contribution in [2.45, 2.75) is 19.3 Å². The van der Waals surface area contributed by atoms with Crippen LogP contribution in [0, 0.1) is 11.3 Å². The van der Waals surface area contributed by atoms with Crippen molar-refractivity contribution in [3.8, 4) is 17.6 Å². The summed E-state index contributed by atoms with van der Waals surface area (Å²) < 4.78 is 5.03. The SMILES string of the molecule is COc1ccc(O)c(C(C)(C)C#N)c1Cl. The molecule has 0 unspecified atom stereocenters. The van der Waals surface area contributed by atoms with E-state index in [4.69, 9.17) is 21.6 Å². The lowest BCUT2D eigenvalue weighted by molar-refractivity contribution is 0.408. The number of benzene rings is 1. The average Bonchev–Trinajstić information content (AvgIpc) is 2.18. The van der Waals surface area contributed by atoms with Crippen LogP contribution in [-0.4, -0.2) is 12.2 Å². The normalized spacial score (nSPS) is 10.9. The molecule has 1 aromatic rings. The standard InChI is InChI=1S/C11H12ClNO2/c1-11(2,6-13)9-7(14)4-5-8(15-3)10(9)12/h4-5,14H,1-3H3. The predicted molar refractivity (Wildman–Crippen MR) is 58.3 cm³/mol. The van der Waals surface area contributed by atoms with Gasteiger partial charge in [-0.25, -0.2) is 0 Å². The molecule has 0 atom stereocenters. The molecule has 0 fully saturated rings. The molecule has 0 spiro atoms. The minimum Gasteiger partial charge on any atom is -0.508 e. The Bertz CT molecular complexity index is 421. The lowest BCUT2D eigenvalue weighted by Gasteiger charge is -2.20. The molecule has 0 aromatic heterocycles. The number of rotatable bonds is 2. The second kappa shape index (κ2) is 4.00. The van der Waals surface area contributed by atoms with Gasteiger partial charge in [-0.3, -0.25) is 0 Å². The van der Waals surface area contributed by atoms with E-state index in [2.05, 4.69) is 6.07 Å². The quantitative estimate of drug-likeness (QED) is 0.842. The van der Waals surface area contributed by atoms with Crippen molar-refractivity contribution in [3.05, 3.63) is 22.7 Å². The van der Waals surface area contributed by atoms with Gasteiger partial charge in [0.25, 0.3) is 0 Å². The van der Waals surface area contributed by atoms with E-state index in [0.717, 1.165) is 0 Å². The fraction of sp³-hybridized carbons (Fsp3) is 0.364. The molecule has 0 radical (unpaired) electrons. The molecule has 15 heavy (non-hydrogen) atoms. The zero-order chi connectivity index (χ0) is 11.6. The number of hydrogen-bond acceptors (Lipinski definition) is 3. The van der Waals surface area contributed by atoms with Crippen molar-refractivity contribution in [1.82, 2.24) is 0 Å². The topological polar surface area (TPSA) is 53.2 Å². The monoisotopic (exact) mass is 225 g/mol. The van der Waals surface area contributed by atoms with Crippen LogP contribution in [0.2, 0.25) is 5.02 Å². The number of aromatic hydroxyl groups is 1. The van der Waals surface area contributed by atoms with Gasteiger partial charge >= 0.3 is 0 Å². The molecule has 0 saturated heterocycles. The van der Waals surface area contributed by atoms with Crippen molar-refractivity contribution < 1.29 is 9.84 Å². The van der Waals surface area contributed by atoms with E-state index in [-0.39, 0.29) is 10.8 Å². The molecule has 0 aliphatic heterocycles. The highest BCUT2D eigenvalue weighted by Crippen LogP contribution is 2.41. The van der Waals surface area contributed by atoms with Gasteiger partial charge in [-0.2, -0.15) is 5.26 Å². The van der Waals surface area contributed by atoms with Gasteiger partial charge in [-0.05, 0) is 26.0 Å². The summed E-state index contributed by atoms with van der Waals surface area (Å²) >= 11 is 6.04. The van der Waals surface area contributed by atoms with Gasteiger partial charge in [0.1, 0.15) is 11.5 Å². The van der Waals surface area contributed by atoms with Gasteiger partial charge in [-0.15, -0.1) is 0 Å². The number of ether oxygens (including phenoxy) is 1. The number of methoxy groups -OCH3 is 1. The first-order valence-electron chi connectivity index (χ1n) is 4.41. The van der Waals surface area contributed by atoms with Crippen molar-refractivity contribution in [3.63, 3.8) is 0 Å². The van der Waals surface area contributed by atoms with Crippen LogP contribution in [0.25, 0.3) is 0 Å². The van der Waals surface area contributed by atoms with Crippen LogP contribution < -0.4 is 4.74 Å². The van der Waals surface area contributed by atoms with E-state index < -0.39 is 5.41 Å². The molecule has 0 saturated carbocycles. The van der Waals surface area contributed by atoms with Crippen LogP contribution in [0.5, 0.6) is 11.5 Å². The summed E-state index contributed by atoms with van der Waals surface area (Å²) in [4.78, 5) is 0. The molecule has 1 rings (SSSR count). The Morgan fingerprint density at radius 3 is 2.53 bits per heavy atom. The van der Waals surface area contributed by atoms with E-state index in [1.165, 1.54) is 13.2 Å². The fourth-order valence-corrected chi connectivity index (χ4v) is 1.83. The Balaban J connectivity index is 3.48. The molecule has 0 aliphatic carbocycles. The van der Waals surface area contributed by atoms with Crippen LogP contribution in [-0.2, 0) is 5.41 Å². The zero-order valence-electron chi connectivity index (χ0n) is 8.84. The Morgan fingerprint density at radius 2 is 2.07 bits per heavy atom. The second-order valence-electron chi connectivity index (χ2n) is 3.71. The number of phenols is 1. The summed E-state index contributed by atoms with van der Waals surface area (Å²) in [5, 5.41) is 19.0. The van der Waals surface area contributed by atoms with Gasteiger partial charge in [0, 0.05) is 5.56 Å². The van der Waals surface area contributed by atoms with Crippen LogP contribution in [0.1, 0.15) is 19.4 Å². The Kier molecular flexibility index (Phi) is 3.11. The molecular formula is C11H12ClNO2. The van der Waals surface area contributed by atoms with Crippen LogP contribution in [0.4, 0.5) is 0 Å². The van der Waals surface area contributed by atoms with E-state index in [9.17, 15) is 5.11 Å². The maximum absolute atomic E-state index is 9.69. The van der Waals surface area contributed by atoms with Crippen molar-refractivity contribution >= 4 is 11.6 Å². The van der Waals surface area contributed by atoms with E-state index in [1.807, 2.05) is 0 Å². The number of phenolic OH excluding ortho intramolecular Hbond substituents is 1. The summed E-state index contributed by atoms with van der Waals surface area (Å²) in [5.41, 5.74) is -0.457. The summed E-state index contributed by atoms with van der Waals surface area (Å²) in [6.07, 6.45) is 0. The highest BCUT2D eigenvalue weighted by atomic mass is 35.5. The first kappa shape index (κ1) is 11.7. The molecule has 0 bridgehead atoms. The minimum absolute atomic E-state index is 0.00681. The number of nitrogens with zero attached hydrogens (tertiary/aromatic N) is 1. The highest BCUT2D eigenvalue weighted by Gasteiger charge is 2.28. The Morgan fingerprint density at radius 1 is 1.47 bits per heavy atom. The number of halogens is 1. The molecule has 1 aromatic carbocycles. The Hall–Kier alpha value is -1.40. The number of hydrogen-bond donors (Lipinski definition) is 1. The molecule has 1 N–H and O–H groups in total. The van der Waals surface area contributed by atoms with E-state index >= 15 is 0 Å². The Labute approximate surface area is 93.9 Å². The minimum atomic E-state index is -0.851.